The van der Waals surface area contributed by atoms with Crippen molar-refractivity contribution in [2.45, 2.75) is 55.6 Å². The van der Waals surface area contributed by atoms with Gasteiger partial charge in [0.15, 0.2) is 11.0 Å². The van der Waals surface area contributed by atoms with Crippen molar-refractivity contribution < 1.29 is 8.42 Å². The number of aromatic nitrogens is 3. The van der Waals surface area contributed by atoms with Gasteiger partial charge in [-0.15, -0.1) is 10.2 Å². The van der Waals surface area contributed by atoms with E-state index in [1.54, 1.807) is 23.9 Å². The highest BCUT2D eigenvalue weighted by Crippen LogP contribution is 2.35. The van der Waals surface area contributed by atoms with Crippen LogP contribution < -0.4 is 4.72 Å². The number of halogens is 1. The Kier molecular flexibility index (Phi) is 7.80. The van der Waals surface area contributed by atoms with Crippen molar-refractivity contribution >= 4 is 33.4 Å². The summed E-state index contributed by atoms with van der Waals surface area (Å²) in [4.78, 5) is 0.164. The average Bonchev–Trinajstić information content (AvgIpc) is 3.14. The van der Waals surface area contributed by atoms with Crippen LogP contribution in [0.15, 0.2) is 64.6 Å². The largest absolute Gasteiger partial charge is 0.305 e. The second-order valence-corrected chi connectivity index (χ2v) is 11.0. The molecule has 1 heterocycles. The number of benzene rings is 2. The Morgan fingerprint density at radius 1 is 1.03 bits per heavy atom. The fourth-order valence-electron chi connectivity index (χ4n) is 3.20. The molecular formula is C22H27ClN4O2S2. The Balaban J connectivity index is 1.89. The summed E-state index contributed by atoms with van der Waals surface area (Å²) < 4.78 is 30.8. The van der Waals surface area contributed by atoms with Crippen LogP contribution in [0.3, 0.4) is 0 Å². The Labute approximate surface area is 193 Å². The van der Waals surface area contributed by atoms with Crippen LogP contribution in [0.2, 0.25) is 5.02 Å². The van der Waals surface area contributed by atoms with E-state index in [1.807, 2.05) is 43.5 Å². The molecule has 2 aromatic carbocycles. The van der Waals surface area contributed by atoms with Gasteiger partial charge in [0.05, 0.1) is 10.9 Å². The molecule has 31 heavy (non-hydrogen) atoms. The molecule has 0 aliphatic heterocycles. The van der Waals surface area contributed by atoms with Crippen LogP contribution in [0.5, 0.6) is 0 Å². The minimum absolute atomic E-state index is 0.0269. The normalized spacial score (nSPS) is 14.0. The lowest BCUT2D eigenvalue weighted by Crippen LogP contribution is -2.33. The number of thioether (sulfide) groups is 1. The molecule has 6 nitrogen and oxygen atoms in total. The Morgan fingerprint density at radius 3 is 2.26 bits per heavy atom. The SMILES string of the molecule is CCn1c(SC(C)c2ccccc2)nnc1C(NS(=O)(=O)c1ccc(Cl)cc1)C(C)C. The molecule has 9 heteroatoms. The third-order valence-electron chi connectivity index (χ3n) is 4.96. The van der Waals surface area contributed by atoms with Gasteiger partial charge < -0.3 is 4.57 Å². The molecule has 0 aliphatic rings. The summed E-state index contributed by atoms with van der Waals surface area (Å²) >= 11 is 7.51. The van der Waals surface area contributed by atoms with Crippen molar-refractivity contribution in [3.8, 4) is 0 Å². The Bertz CT molecular complexity index is 1100. The topological polar surface area (TPSA) is 76.9 Å². The van der Waals surface area contributed by atoms with Gasteiger partial charge in [-0.3, -0.25) is 0 Å². The highest BCUT2D eigenvalue weighted by atomic mass is 35.5. The third kappa shape index (κ3) is 5.68. The van der Waals surface area contributed by atoms with Crippen LogP contribution in [-0.4, -0.2) is 23.2 Å². The second-order valence-electron chi connectivity index (χ2n) is 7.55. The van der Waals surface area contributed by atoms with Crippen LogP contribution in [0.25, 0.3) is 0 Å². The number of rotatable bonds is 9. The highest BCUT2D eigenvalue weighted by molar-refractivity contribution is 7.99. The molecule has 0 fully saturated rings. The summed E-state index contributed by atoms with van der Waals surface area (Å²) in [6.07, 6.45) is 0. The molecule has 166 valence electrons. The lowest BCUT2D eigenvalue weighted by Gasteiger charge is -2.22. The van der Waals surface area contributed by atoms with Gasteiger partial charge in [0, 0.05) is 16.8 Å². The van der Waals surface area contributed by atoms with Crippen LogP contribution in [-0.2, 0) is 16.6 Å². The molecule has 2 atom stereocenters. The van der Waals surface area contributed by atoms with E-state index in [0.29, 0.717) is 17.4 Å². The van der Waals surface area contributed by atoms with E-state index in [9.17, 15) is 8.42 Å². The number of hydrogen-bond donors (Lipinski definition) is 1. The number of sulfonamides is 1. The van der Waals surface area contributed by atoms with E-state index in [-0.39, 0.29) is 16.1 Å². The number of hydrogen-bond acceptors (Lipinski definition) is 5. The predicted octanol–water partition coefficient (Wildman–Crippen LogP) is 5.48. The van der Waals surface area contributed by atoms with Crippen LogP contribution >= 0.6 is 23.4 Å². The summed E-state index contributed by atoms with van der Waals surface area (Å²) in [5.74, 6) is 0.582. The van der Waals surface area contributed by atoms with Crippen LogP contribution in [0.1, 0.15) is 50.4 Å². The zero-order valence-electron chi connectivity index (χ0n) is 18.0. The first-order chi connectivity index (χ1) is 14.7. The first-order valence-electron chi connectivity index (χ1n) is 10.2. The molecule has 2 unspecified atom stereocenters. The van der Waals surface area contributed by atoms with Crippen molar-refractivity contribution in [1.82, 2.24) is 19.5 Å². The summed E-state index contributed by atoms with van der Waals surface area (Å²) in [7, 11) is -3.75. The fourth-order valence-corrected chi connectivity index (χ4v) is 5.72. The third-order valence-corrected chi connectivity index (χ3v) is 7.81. The highest BCUT2D eigenvalue weighted by Gasteiger charge is 2.29. The van der Waals surface area contributed by atoms with E-state index in [1.165, 1.54) is 17.7 Å². The maximum atomic E-state index is 13.0. The zero-order valence-corrected chi connectivity index (χ0v) is 20.4. The average molecular weight is 479 g/mol. The molecule has 0 spiro atoms. The molecule has 3 aromatic rings. The number of nitrogens with one attached hydrogen (secondary N) is 1. The summed E-state index contributed by atoms with van der Waals surface area (Å²) in [6.45, 7) is 8.69. The Morgan fingerprint density at radius 2 is 1.68 bits per heavy atom. The molecule has 0 aliphatic carbocycles. The minimum Gasteiger partial charge on any atom is -0.305 e. The molecule has 3 rings (SSSR count). The van der Waals surface area contributed by atoms with Gasteiger partial charge in [0.25, 0.3) is 0 Å². The fraction of sp³-hybridized carbons (Fsp3) is 0.364. The summed E-state index contributed by atoms with van der Waals surface area (Å²) in [6, 6.07) is 15.8. The van der Waals surface area contributed by atoms with Gasteiger partial charge in [-0.1, -0.05) is 67.5 Å². The maximum absolute atomic E-state index is 13.0. The van der Waals surface area contributed by atoms with Gasteiger partial charge >= 0.3 is 0 Å². The first-order valence-corrected chi connectivity index (χ1v) is 12.9. The van der Waals surface area contributed by atoms with Gasteiger partial charge in [-0.05, 0) is 49.6 Å². The summed E-state index contributed by atoms with van der Waals surface area (Å²) in [5.41, 5.74) is 1.20. The van der Waals surface area contributed by atoms with Gasteiger partial charge in [0.1, 0.15) is 0 Å². The van der Waals surface area contributed by atoms with Crippen LogP contribution in [0.4, 0.5) is 0 Å². The van der Waals surface area contributed by atoms with E-state index in [0.717, 1.165) is 5.16 Å². The van der Waals surface area contributed by atoms with Crippen molar-refractivity contribution in [3.63, 3.8) is 0 Å². The van der Waals surface area contributed by atoms with E-state index >= 15 is 0 Å². The summed E-state index contributed by atoms with van der Waals surface area (Å²) in [5, 5.41) is 10.2. The predicted molar refractivity (Wildman–Crippen MR) is 126 cm³/mol. The monoisotopic (exact) mass is 478 g/mol. The molecular weight excluding hydrogens is 452 g/mol. The molecule has 0 bridgehead atoms. The minimum atomic E-state index is -3.75. The van der Waals surface area contributed by atoms with Gasteiger partial charge in [-0.2, -0.15) is 0 Å². The van der Waals surface area contributed by atoms with Crippen molar-refractivity contribution in [2.24, 2.45) is 5.92 Å². The molecule has 0 radical (unpaired) electrons. The first kappa shape index (κ1) is 23.8. The quantitative estimate of drug-likeness (QED) is 0.412. The van der Waals surface area contributed by atoms with Gasteiger partial charge in [-0.25, -0.2) is 13.1 Å². The maximum Gasteiger partial charge on any atom is 0.241 e. The van der Waals surface area contributed by atoms with E-state index < -0.39 is 16.1 Å². The van der Waals surface area contributed by atoms with Gasteiger partial charge in [0.2, 0.25) is 10.0 Å². The lowest BCUT2D eigenvalue weighted by atomic mass is 10.1. The zero-order chi connectivity index (χ0) is 22.6. The van der Waals surface area contributed by atoms with Crippen LogP contribution in [0, 0.1) is 5.92 Å². The van der Waals surface area contributed by atoms with E-state index in [2.05, 4.69) is 34.0 Å². The second kappa shape index (κ2) is 10.2. The molecule has 0 saturated heterocycles. The number of nitrogens with zero attached hydrogens (tertiary/aromatic N) is 3. The molecule has 0 amide bonds. The Hall–Kier alpha value is -1.87. The smallest absolute Gasteiger partial charge is 0.241 e. The lowest BCUT2D eigenvalue weighted by molar-refractivity contribution is 0.424. The molecule has 1 aromatic heterocycles. The molecule has 0 saturated carbocycles. The van der Waals surface area contributed by atoms with Crippen molar-refractivity contribution in [1.29, 1.82) is 0 Å². The molecule has 1 N–H and O–H groups in total. The standard InChI is InChI=1S/C22H27ClN4O2S2/c1-5-27-21(24-25-22(27)30-16(4)17-9-7-6-8-10-17)20(15(2)3)26-31(28,29)19-13-11-18(23)12-14-19/h6-16,20,26H,5H2,1-4H3. The van der Waals surface area contributed by atoms with Crippen molar-refractivity contribution in [2.75, 3.05) is 0 Å². The van der Waals surface area contributed by atoms with E-state index in [4.69, 9.17) is 11.6 Å². The van der Waals surface area contributed by atoms with Crippen molar-refractivity contribution in [3.05, 3.63) is 71.0 Å².